The minimum Gasteiger partial charge on any atom is -0.351 e. The number of aliphatic imine (C=N–C) groups is 1. The van der Waals surface area contributed by atoms with Crippen molar-refractivity contribution in [2.75, 3.05) is 4.90 Å². The van der Waals surface area contributed by atoms with E-state index < -0.39 is 23.9 Å². The van der Waals surface area contributed by atoms with E-state index in [4.69, 9.17) is 5.73 Å². The van der Waals surface area contributed by atoms with E-state index >= 15 is 0 Å². The number of rotatable bonds is 1. The van der Waals surface area contributed by atoms with Gasteiger partial charge in [0.05, 0.1) is 5.69 Å². The number of benzene rings is 2. The van der Waals surface area contributed by atoms with Gasteiger partial charge in [0.25, 0.3) is 5.66 Å². The Morgan fingerprint density at radius 1 is 1.17 bits per heavy atom. The van der Waals surface area contributed by atoms with Gasteiger partial charge in [-0.05, 0) is 42.8 Å². The molecule has 0 radical (unpaired) electrons. The summed E-state index contributed by atoms with van der Waals surface area (Å²) in [5.74, 6) is 0. The number of urea groups is 2. The lowest BCUT2D eigenvalue weighted by Gasteiger charge is -2.44. The quantitative estimate of drug-likeness (QED) is 0.738. The molecular weight excluding hydrogens is 405 g/mol. The van der Waals surface area contributed by atoms with Gasteiger partial charge in [-0.25, -0.2) is 24.4 Å². The zero-order chi connectivity index (χ0) is 21.1. The van der Waals surface area contributed by atoms with Gasteiger partial charge in [0, 0.05) is 10.5 Å². The van der Waals surface area contributed by atoms with E-state index in [1.54, 1.807) is 19.1 Å². The number of amidine groups is 1. The predicted octanol–water partition coefficient (Wildman–Crippen LogP) is 4.50. The van der Waals surface area contributed by atoms with E-state index in [1.807, 2.05) is 6.92 Å². The number of thioether (sulfide) groups is 1. The first-order chi connectivity index (χ1) is 13.6. The standard InChI is InChI=1S/C19H15F3N4O2S/c1-10-8-11(2)14-13(9-10)29-16-24-18(19(20,21)22,12-6-4-3-5-7-12)26(15(23)27)17(28)25(14)16/h3-9H,1-2H3,(H2,23,27)/t18-/m0/s1. The third kappa shape index (κ3) is 2.62. The van der Waals surface area contributed by atoms with Gasteiger partial charge < -0.3 is 5.73 Å². The third-order valence-electron chi connectivity index (χ3n) is 4.78. The summed E-state index contributed by atoms with van der Waals surface area (Å²) in [7, 11) is 0. The number of primary amides is 1. The zero-order valence-electron chi connectivity index (χ0n) is 15.3. The molecule has 0 aromatic heterocycles. The van der Waals surface area contributed by atoms with Crippen molar-refractivity contribution in [1.29, 1.82) is 0 Å². The van der Waals surface area contributed by atoms with Crippen molar-refractivity contribution < 1.29 is 22.8 Å². The summed E-state index contributed by atoms with van der Waals surface area (Å²) in [5.41, 5.74) is 3.63. The summed E-state index contributed by atoms with van der Waals surface area (Å²) in [5, 5.41) is -0.155. The fourth-order valence-corrected chi connectivity index (χ4v) is 4.90. The van der Waals surface area contributed by atoms with Gasteiger partial charge >= 0.3 is 18.2 Å². The van der Waals surface area contributed by atoms with Crippen LogP contribution < -0.4 is 10.6 Å². The van der Waals surface area contributed by atoms with Crippen LogP contribution in [-0.2, 0) is 5.66 Å². The van der Waals surface area contributed by atoms with Crippen LogP contribution in [0.2, 0.25) is 0 Å². The summed E-state index contributed by atoms with van der Waals surface area (Å²) < 4.78 is 43.4. The Kier molecular flexibility index (Phi) is 4.16. The second-order valence-electron chi connectivity index (χ2n) is 6.75. The van der Waals surface area contributed by atoms with Crippen molar-refractivity contribution in [2.24, 2.45) is 10.7 Å². The van der Waals surface area contributed by atoms with Crippen LogP contribution in [0.15, 0.2) is 52.4 Å². The molecule has 2 aliphatic heterocycles. The number of alkyl halides is 3. The first-order valence-electron chi connectivity index (χ1n) is 8.53. The highest BCUT2D eigenvalue weighted by Gasteiger charge is 2.67. The number of aryl methyl sites for hydroxylation is 2. The Hall–Kier alpha value is -3.01. The van der Waals surface area contributed by atoms with Crippen LogP contribution in [0.3, 0.4) is 0 Å². The molecule has 0 spiro atoms. The molecule has 0 unspecified atom stereocenters. The van der Waals surface area contributed by atoms with Gasteiger partial charge in [0.2, 0.25) is 0 Å². The second kappa shape index (κ2) is 6.24. The highest BCUT2D eigenvalue weighted by atomic mass is 32.2. The van der Waals surface area contributed by atoms with Gasteiger partial charge in [0.1, 0.15) is 0 Å². The number of anilines is 1. The Morgan fingerprint density at radius 3 is 2.41 bits per heavy atom. The van der Waals surface area contributed by atoms with Gasteiger partial charge in [0.15, 0.2) is 5.17 Å². The monoisotopic (exact) mass is 420 g/mol. The summed E-state index contributed by atoms with van der Waals surface area (Å²) in [4.78, 5) is 30.9. The molecule has 150 valence electrons. The molecule has 0 saturated carbocycles. The molecule has 10 heteroatoms. The topological polar surface area (TPSA) is 79.0 Å². The second-order valence-corrected chi connectivity index (χ2v) is 7.76. The molecule has 2 heterocycles. The van der Waals surface area contributed by atoms with E-state index in [1.165, 1.54) is 30.3 Å². The molecule has 4 rings (SSSR count). The maximum atomic E-state index is 14.5. The molecule has 2 N–H and O–H groups in total. The minimum absolute atomic E-state index is 0.0131. The number of carbonyl (C=O) groups is 2. The number of amides is 4. The molecule has 2 aromatic rings. The van der Waals surface area contributed by atoms with Crippen LogP contribution in [-0.4, -0.2) is 28.3 Å². The van der Waals surface area contributed by atoms with Crippen LogP contribution in [0.5, 0.6) is 0 Å². The van der Waals surface area contributed by atoms with Crippen molar-refractivity contribution in [3.8, 4) is 0 Å². The van der Waals surface area contributed by atoms with Crippen molar-refractivity contribution in [2.45, 2.75) is 30.6 Å². The van der Waals surface area contributed by atoms with E-state index in [2.05, 4.69) is 4.99 Å². The largest absolute Gasteiger partial charge is 0.437 e. The first kappa shape index (κ1) is 19.3. The van der Waals surface area contributed by atoms with Crippen molar-refractivity contribution >= 4 is 34.7 Å². The van der Waals surface area contributed by atoms with Crippen molar-refractivity contribution in [3.63, 3.8) is 0 Å². The smallest absolute Gasteiger partial charge is 0.351 e. The maximum absolute atomic E-state index is 14.5. The summed E-state index contributed by atoms with van der Waals surface area (Å²) >= 11 is 0.955. The lowest BCUT2D eigenvalue weighted by atomic mass is 9.96. The molecule has 0 bridgehead atoms. The van der Waals surface area contributed by atoms with Crippen LogP contribution in [0, 0.1) is 13.8 Å². The average Bonchev–Trinajstić information content (AvgIpc) is 2.99. The SMILES string of the molecule is Cc1cc(C)c2c(c1)SC1=N[C@](c3ccccc3)(C(F)(F)F)N(C(N)=O)C(=O)N12. The van der Waals surface area contributed by atoms with Crippen LogP contribution in [0.1, 0.15) is 16.7 Å². The molecule has 6 nitrogen and oxygen atoms in total. The molecule has 0 aliphatic carbocycles. The average molecular weight is 420 g/mol. The molecule has 0 saturated heterocycles. The number of carbonyl (C=O) groups excluding carboxylic acids is 2. The van der Waals surface area contributed by atoms with E-state index in [9.17, 15) is 22.8 Å². The number of hydrogen-bond acceptors (Lipinski definition) is 4. The maximum Gasteiger partial charge on any atom is 0.437 e. The fourth-order valence-electron chi connectivity index (χ4n) is 3.67. The number of nitrogens with two attached hydrogens (primary N) is 1. The lowest BCUT2D eigenvalue weighted by molar-refractivity contribution is -0.217. The Bertz CT molecular complexity index is 1070. The number of imide groups is 1. The van der Waals surface area contributed by atoms with E-state index in [0.29, 0.717) is 16.1 Å². The van der Waals surface area contributed by atoms with Crippen LogP contribution >= 0.6 is 11.8 Å². The van der Waals surface area contributed by atoms with Crippen molar-refractivity contribution in [3.05, 3.63) is 59.2 Å². The van der Waals surface area contributed by atoms with Crippen LogP contribution in [0.25, 0.3) is 0 Å². The Labute approximate surface area is 168 Å². The Balaban J connectivity index is 2.04. The number of nitrogens with zero attached hydrogens (tertiary/aromatic N) is 3. The molecule has 1 atom stereocenters. The van der Waals surface area contributed by atoms with E-state index in [-0.39, 0.29) is 15.6 Å². The summed E-state index contributed by atoms with van der Waals surface area (Å²) in [6.45, 7) is 3.58. The van der Waals surface area contributed by atoms with E-state index in [0.717, 1.165) is 22.2 Å². The fraction of sp³-hybridized carbons (Fsp3) is 0.211. The molecule has 0 fully saturated rings. The molecule has 2 aromatic carbocycles. The van der Waals surface area contributed by atoms with Gasteiger partial charge in [-0.15, -0.1) is 0 Å². The third-order valence-corrected chi connectivity index (χ3v) is 5.77. The number of fused-ring (bicyclic) bond motifs is 3. The van der Waals surface area contributed by atoms with Gasteiger partial charge in [-0.1, -0.05) is 36.4 Å². The minimum atomic E-state index is -5.10. The summed E-state index contributed by atoms with van der Waals surface area (Å²) in [6.07, 6.45) is -5.10. The summed E-state index contributed by atoms with van der Waals surface area (Å²) in [6, 6.07) is 7.44. The van der Waals surface area contributed by atoms with Gasteiger partial charge in [-0.2, -0.15) is 13.2 Å². The Morgan fingerprint density at radius 2 is 1.83 bits per heavy atom. The lowest BCUT2D eigenvalue weighted by Crippen LogP contribution is -2.67. The zero-order valence-corrected chi connectivity index (χ0v) is 16.1. The van der Waals surface area contributed by atoms with Gasteiger partial charge in [-0.3, -0.25) is 0 Å². The predicted molar refractivity (Wildman–Crippen MR) is 103 cm³/mol. The normalized spacial score (nSPS) is 21.0. The highest BCUT2D eigenvalue weighted by molar-refractivity contribution is 8.15. The molecule has 2 aliphatic rings. The first-order valence-corrected chi connectivity index (χ1v) is 9.34. The highest BCUT2D eigenvalue weighted by Crippen LogP contribution is 2.53. The molecular formula is C19H15F3N4O2S. The molecule has 29 heavy (non-hydrogen) atoms. The van der Waals surface area contributed by atoms with Crippen LogP contribution in [0.4, 0.5) is 28.4 Å². The number of halogens is 3. The number of hydrogen-bond donors (Lipinski definition) is 1. The molecule has 4 amide bonds. The van der Waals surface area contributed by atoms with Crippen molar-refractivity contribution in [1.82, 2.24) is 4.90 Å².